The van der Waals surface area contributed by atoms with Crippen molar-refractivity contribution in [2.24, 2.45) is 5.73 Å². The first kappa shape index (κ1) is 12.5. The van der Waals surface area contributed by atoms with E-state index in [4.69, 9.17) is 15.9 Å². The molecule has 0 radical (unpaired) electrons. The van der Waals surface area contributed by atoms with Crippen LogP contribution in [0.25, 0.3) is 0 Å². The normalized spacial score (nSPS) is 8.40. The fraction of sp³-hybridized carbons (Fsp3) is 1.00. The van der Waals surface area contributed by atoms with Gasteiger partial charge in [-0.25, -0.2) is 0 Å². The molecule has 0 aliphatic carbocycles. The van der Waals surface area contributed by atoms with E-state index in [1.807, 2.05) is 6.92 Å². The van der Waals surface area contributed by atoms with Crippen LogP contribution in [0, 0.1) is 0 Å². The summed E-state index contributed by atoms with van der Waals surface area (Å²) in [6, 6.07) is 0. The van der Waals surface area contributed by atoms with Gasteiger partial charge in [0.25, 0.3) is 0 Å². The number of aliphatic hydroxyl groups is 2. The van der Waals surface area contributed by atoms with E-state index in [0.29, 0.717) is 13.2 Å². The van der Waals surface area contributed by atoms with Gasteiger partial charge >= 0.3 is 0 Å². The molecule has 0 aromatic rings. The number of hydrogen-bond acceptors (Lipinski definition) is 4. The van der Waals surface area contributed by atoms with Crippen molar-refractivity contribution in [2.75, 3.05) is 33.0 Å². The van der Waals surface area contributed by atoms with Gasteiger partial charge in [0, 0.05) is 0 Å². The van der Waals surface area contributed by atoms with Gasteiger partial charge in [-0.05, 0) is 6.54 Å². The molecule has 0 spiro atoms. The summed E-state index contributed by atoms with van der Waals surface area (Å²) in [7, 11) is 0. The third-order valence-corrected chi connectivity index (χ3v) is 0.471. The van der Waals surface area contributed by atoms with Crippen LogP contribution in [0.1, 0.15) is 6.92 Å². The molecule has 4 nitrogen and oxygen atoms in total. The predicted octanol–water partition coefficient (Wildman–Crippen LogP) is -1.05. The van der Waals surface area contributed by atoms with E-state index in [-0.39, 0.29) is 13.2 Å². The van der Waals surface area contributed by atoms with Gasteiger partial charge in [-0.15, -0.1) is 0 Å². The van der Waals surface area contributed by atoms with Crippen LogP contribution in [0.3, 0.4) is 0 Å². The van der Waals surface area contributed by atoms with Crippen LogP contribution < -0.4 is 5.73 Å². The second kappa shape index (κ2) is 15.9. The maximum absolute atomic E-state index is 8.09. The lowest BCUT2D eigenvalue weighted by atomic mass is 10.7. The molecule has 0 unspecified atom stereocenters. The van der Waals surface area contributed by atoms with Crippen molar-refractivity contribution in [1.29, 1.82) is 0 Å². The van der Waals surface area contributed by atoms with Crippen molar-refractivity contribution in [3.05, 3.63) is 0 Å². The molecule has 0 aliphatic rings. The van der Waals surface area contributed by atoms with Crippen LogP contribution in [0.5, 0.6) is 0 Å². The molecule has 0 saturated carbocycles. The zero-order valence-electron chi connectivity index (χ0n) is 6.42. The van der Waals surface area contributed by atoms with E-state index in [1.165, 1.54) is 0 Å². The Kier molecular flexibility index (Phi) is 19.9. The summed E-state index contributed by atoms with van der Waals surface area (Å²) in [5.74, 6) is 0. The minimum Gasteiger partial charge on any atom is -0.394 e. The van der Waals surface area contributed by atoms with Gasteiger partial charge in [0.2, 0.25) is 0 Å². The predicted molar refractivity (Wildman–Crippen MR) is 39.7 cm³/mol. The molecular weight excluding hydrogens is 134 g/mol. The van der Waals surface area contributed by atoms with Gasteiger partial charge in [0.15, 0.2) is 0 Å². The Labute approximate surface area is 61.6 Å². The lowest BCUT2D eigenvalue weighted by Crippen LogP contribution is -2.03. The second-order valence-electron chi connectivity index (χ2n) is 1.47. The van der Waals surface area contributed by atoms with Gasteiger partial charge in [0.05, 0.1) is 26.4 Å². The van der Waals surface area contributed by atoms with Crippen molar-refractivity contribution in [3.8, 4) is 0 Å². The molecule has 0 aliphatic heterocycles. The molecule has 0 heterocycles. The fourth-order valence-corrected chi connectivity index (χ4v) is 0.231. The number of aliphatic hydroxyl groups excluding tert-OH is 2. The number of nitrogens with two attached hydrogens (primary N) is 1. The van der Waals surface area contributed by atoms with E-state index in [0.717, 1.165) is 6.54 Å². The highest BCUT2D eigenvalue weighted by atomic mass is 16.5. The molecule has 0 rings (SSSR count). The van der Waals surface area contributed by atoms with Crippen molar-refractivity contribution >= 4 is 0 Å². The van der Waals surface area contributed by atoms with Crippen LogP contribution in [0.4, 0.5) is 0 Å². The lowest BCUT2D eigenvalue weighted by molar-refractivity contribution is 0.0650. The van der Waals surface area contributed by atoms with Gasteiger partial charge in [0.1, 0.15) is 0 Å². The Morgan fingerprint density at radius 3 is 1.70 bits per heavy atom. The Morgan fingerprint density at radius 2 is 1.50 bits per heavy atom. The number of hydrogen-bond donors (Lipinski definition) is 3. The lowest BCUT2D eigenvalue weighted by Gasteiger charge is -1.94. The van der Waals surface area contributed by atoms with Crippen LogP contribution in [0.2, 0.25) is 0 Å². The van der Waals surface area contributed by atoms with Crippen LogP contribution >= 0.6 is 0 Å². The molecule has 0 saturated heterocycles. The van der Waals surface area contributed by atoms with Crippen molar-refractivity contribution in [3.63, 3.8) is 0 Å². The average molecular weight is 151 g/mol. The minimum atomic E-state index is 0.0278. The zero-order chi connectivity index (χ0) is 8.24. The average Bonchev–Trinajstić information content (AvgIpc) is 1.91. The Bertz CT molecular complexity index is 40.0. The van der Waals surface area contributed by atoms with E-state index in [9.17, 15) is 0 Å². The quantitative estimate of drug-likeness (QED) is 0.448. The first-order valence-corrected chi connectivity index (χ1v) is 3.33. The van der Waals surface area contributed by atoms with Crippen molar-refractivity contribution < 1.29 is 14.9 Å². The maximum atomic E-state index is 8.09. The number of rotatable bonds is 4. The largest absolute Gasteiger partial charge is 0.394 e. The first-order valence-electron chi connectivity index (χ1n) is 3.33. The highest BCUT2D eigenvalue weighted by Crippen LogP contribution is 1.68. The highest BCUT2D eigenvalue weighted by molar-refractivity contribution is 4.24. The topological polar surface area (TPSA) is 75.7 Å². The van der Waals surface area contributed by atoms with Crippen molar-refractivity contribution in [2.45, 2.75) is 6.92 Å². The molecule has 4 heteroatoms. The van der Waals surface area contributed by atoms with Crippen LogP contribution in [-0.4, -0.2) is 43.2 Å². The first-order chi connectivity index (χ1) is 4.83. The van der Waals surface area contributed by atoms with Gasteiger partial charge in [-0.1, -0.05) is 6.92 Å². The molecule has 64 valence electrons. The third-order valence-electron chi connectivity index (χ3n) is 0.471. The van der Waals surface area contributed by atoms with Crippen molar-refractivity contribution in [1.82, 2.24) is 0 Å². The van der Waals surface area contributed by atoms with Gasteiger partial charge in [-0.3, -0.25) is 0 Å². The molecule has 0 bridgehead atoms. The molecule has 0 amide bonds. The highest BCUT2D eigenvalue weighted by Gasteiger charge is 1.79. The zero-order valence-corrected chi connectivity index (χ0v) is 6.42. The van der Waals surface area contributed by atoms with Gasteiger partial charge in [-0.2, -0.15) is 0 Å². The summed E-state index contributed by atoms with van der Waals surface area (Å²) in [5.41, 5.74) is 4.85. The smallest absolute Gasteiger partial charge is 0.0698 e. The fourth-order valence-electron chi connectivity index (χ4n) is 0.231. The van der Waals surface area contributed by atoms with Crippen LogP contribution in [0.15, 0.2) is 0 Å². The second-order valence-corrected chi connectivity index (χ2v) is 1.47. The molecule has 0 atom stereocenters. The number of ether oxygens (including phenoxy) is 1. The van der Waals surface area contributed by atoms with Gasteiger partial charge < -0.3 is 20.7 Å². The summed E-state index contributed by atoms with van der Waals surface area (Å²) < 4.78 is 4.63. The Balaban J connectivity index is 0. The van der Waals surface area contributed by atoms with E-state index < -0.39 is 0 Å². The third kappa shape index (κ3) is 24.9. The maximum Gasteiger partial charge on any atom is 0.0698 e. The molecule has 0 aromatic carbocycles. The monoisotopic (exact) mass is 151 g/mol. The summed E-state index contributed by atoms with van der Waals surface area (Å²) in [6.45, 7) is 3.35. The van der Waals surface area contributed by atoms with E-state index >= 15 is 0 Å². The molecule has 10 heavy (non-hydrogen) atoms. The Hall–Kier alpha value is -0.160. The Morgan fingerprint density at radius 1 is 1.20 bits per heavy atom. The summed E-state index contributed by atoms with van der Waals surface area (Å²) in [5, 5.41) is 16.2. The van der Waals surface area contributed by atoms with E-state index in [2.05, 4.69) is 4.74 Å². The molecule has 4 N–H and O–H groups in total. The summed E-state index contributed by atoms with van der Waals surface area (Å²) >= 11 is 0. The standard InChI is InChI=1S/C4H10O3.C2H7N/c5-1-3-7-4-2-6;1-2-3/h5-6H,1-4H2;2-3H2,1H3. The van der Waals surface area contributed by atoms with Crippen LogP contribution in [-0.2, 0) is 4.74 Å². The SMILES string of the molecule is CCN.OCCOCCO. The summed E-state index contributed by atoms with van der Waals surface area (Å²) in [6.07, 6.45) is 0. The van der Waals surface area contributed by atoms with E-state index in [1.54, 1.807) is 0 Å². The molecule has 0 fully saturated rings. The minimum absolute atomic E-state index is 0.0278. The summed E-state index contributed by atoms with van der Waals surface area (Å²) in [4.78, 5) is 0. The molecule has 0 aromatic heterocycles. The molecular formula is C6H17NO3.